The maximum atomic E-state index is 9.82. The van der Waals surface area contributed by atoms with Crippen LogP contribution in [0.4, 0.5) is 0 Å². The van der Waals surface area contributed by atoms with Gasteiger partial charge >= 0.3 is 5.97 Å². The second-order valence-electron chi connectivity index (χ2n) is 2.89. The second-order valence-corrected chi connectivity index (χ2v) is 2.89. The Bertz CT molecular complexity index is 181. The summed E-state index contributed by atoms with van der Waals surface area (Å²) >= 11 is 0. The first kappa shape index (κ1) is 19.4. The lowest BCUT2D eigenvalue weighted by molar-refractivity contribution is -0.140. The van der Waals surface area contributed by atoms with E-state index in [-0.39, 0.29) is 17.5 Å². The second kappa shape index (κ2) is 15.3. The van der Waals surface area contributed by atoms with E-state index in [1.54, 1.807) is 13.8 Å². The molecule has 0 fully saturated rings. The molecule has 0 saturated heterocycles. The summed E-state index contributed by atoms with van der Waals surface area (Å²) in [6.45, 7) is 10.1. The zero-order chi connectivity index (χ0) is 12.9. The number of carbonyl (C=O) groups is 3. The Morgan fingerprint density at radius 2 is 1.20 bits per heavy atom. The van der Waals surface area contributed by atoms with Crippen LogP contribution in [-0.4, -0.2) is 24.1 Å². The molecular weight excluding hydrogens is 196 g/mol. The average Bonchev–Trinajstić information content (AvgIpc) is 2.03. The van der Waals surface area contributed by atoms with E-state index in [9.17, 15) is 14.4 Å². The normalized spacial score (nSPS) is 7.33. The summed E-state index contributed by atoms with van der Waals surface area (Å²) in [7, 11) is 0. The smallest absolute Gasteiger partial charge is 0.302 e. The summed E-state index contributed by atoms with van der Waals surface area (Å²) in [6, 6.07) is 0. The van der Waals surface area contributed by atoms with E-state index in [4.69, 9.17) is 0 Å². The summed E-state index contributed by atoms with van der Waals surface area (Å²) in [5.41, 5.74) is 0. The van der Waals surface area contributed by atoms with E-state index in [0.29, 0.717) is 13.0 Å². The number of hydrogen-bond acceptors (Lipinski definition) is 4. The first-order valence-corrected chi connectivity index (χ1v) is 4.87. The fourth-order valence-corrected chi connectivity index (χ4v) is 0.203. The molecule has 0 aliphatic heterocycles. The molecule has 0 aromatic carbocycles. The van der Waals surface area contributed by atoms with Crippen LogP contribution < -0.4 is 0 Å². The van der Waals surface area contributed by atoms with Crippen LogP contribution in [0.15, 0.2) is 0 Å². The maximum Gasteiger partial charge on any atom is 0.302 e. The number of esters is 1. The zero-order valence-corrected chi connectivity index (χ0v) is 10.5. The standard InChI is InChI=1S/C4H8O2.C4H8O.C3H6O/c1-3-6-4(2)5;1-3-4(2)5;1-3(2)4/h3H2,1-2H3;3H2,1-2H3;1-2H3. The Labute approximate surface area is 92.0 Å². The van der Waals surface area contributed by atoms with Crippen molar-refractivity contribution in [2.24, 2.45) is 0 Å². The van der Waals surface area contributed by atoms with E-state index >= 15 is 0 Å². The molecule has 4 nitrogen and oxygen atoms in total. The molecule has 0 amide bonds. The molecule has 0 atom stereocenters. The Kier molecular flexibility index (Phi) is 19.8. The Morgan fingerprint density at radius 3 is 1.20 bits per heavy atom. The first-order valence-electron chi connectivity index (χ1n) is 4.87. The van der Waals surface area contributed by atoms with Gasteiger partial charge in [-0.05, 0) is 27.7 Å². The van der Waals surface area contributed by atoms with E-state index in [1.165, 1.54) is 20.8 Å². The van der Waals surface area contributed by atoms with Crippen LogP contribution in [-0.2, 0) is 19.1 Å². The molecular formula is C11H22O4. The van der Waals surface area contributed by atoms with Crippen molar-refractivity contribution in [3.8, 4) is 0 Å². The van der Waals surface area contributed by atoms with Crippen LogP contribution >= 0.6 is 0 Å². The number of ether oxygens (including phenoxy) is 1. The fourth-order valence-electron chi connectivity index (χ4n) is 0.203. The summed E-state index contributed by atoms with van der Waals surface area (Å²) in [5, 5.41) is 0. The molecule has 0 heterocycles. The van der Waals surface area contributed by atoms with Gasteiger partial charge in [0.25, 0.3) is 0 Å². The highest BCUT2D eigenvalue weighted by atomic mass is 16.5. The van der Waals surface area contributed by atoms with E-state index in [1.807, 2.05) is 6.92 Å². The van der Waals surface area contributed by atoms with Crippen LogP contribution in [0.25, 0.3) is 0 Å². The minimum atomic E-state index is -0.211. The molecule has 0 radical (unpaired) electrons. The van der Waals surface area contributed by atoms with Gasteiger partial charge in [0.2, 0.25) is 0 Å². The van der Waals surface area contributed by atoms with Gasteiger partial charge in [-0.25, -0.2) is 0 Å². The zero-order valence-electron chi connectivity index (χ0n) is 10.5. The average molecular weight is 218 g/mol. The highest BCUT2D eigenvalue weighted by Crippen LogP contribution is 1.71. The molecule has 15 heavy (non-hydrogen) atoms. The molecule has 0 spiro atoms. The number of hydrogen-bond donors (Lipinski definition) is 0. The molecule has 0 aromatic heterocycles. The molecule has 0 rings (SSSR count). The van der Waals surface area contributed by atoms with Crippen molar-refractivity contribution < 1.29 is 19.1 Å². The lowest BCUT2D eigenvalue weighted by Gasteiger charge is -1.89. The first-order chi connectivity index (χ1) is 6.77. The molecule has 0 N–H and O–H groups in total. The van der Waals surface area contributed by atoms with Crippen molar-refractivity contribution in [1.82, 2.24) is 0 Å². The van der Waals surface area contributed by atoms with Gasteiger partial charge in [0.15, 0.2) is 0 Å². The third-order valence-corrected chi connectivity index (χ3v) is 0.845. The van der Waals surface area contributed by atoms with Crippen LogP contribution in [0.1, 0.15) is 48.0 Å². The lowest BCUT2D eigenvalue weighted by atomic mass is 10.4. The highest BCUT2D eigenvalue weighted by Gasteiger charge is 1.81. The molecule has 0 saturated carbocycles. The van der Waals surface area contributed by atoms with Crippen LogP contribution in [0.5, 0.6) is 0 Å². The monoisotopic (exact) mass is 218 g/mol. The third-order valence-electron chi connectivity index (χ3n) is 0.845. The Hall–Kier alpha value is -1.19. The van der Waals surface area contributed by atoms with E-state index in [0.717, 1.165) is 0 Å². The van der Waals surface area contributed by atoms with E-state index in [2.05, 4.69) is 4.74 Å². The summed E-state index contributed by atoms with van der Waals surface area (Å²) in [5.74, 6) is 0.211. The van der Waals surface area contributed by atoms with E-state index < -0.39 is 0 Å². The molecule has 0 unspecified atom stereocenters. The van der Waals surface area contributed by atoms with Crippen molar-refractivity contribution in [1.29, 1.82) is 0 Å². The number of rotatable bonds is 2. The van der Waals surface area contributed by atoms with Gasteiger partial charge in [-0.2, -0.15) is 0 Å². The molecule has 0 aromatic rings. The van der Waals surface area contributed by atoms with Crippen LogP contribution in [0, 0.1) is 0 Å². The predicted octanol–water partition coefficient (Wildman–Crippen LogP) is 2.15. The summed E-state index contributed by atoms with van der Waals surface area (Å²) in [4.78, 5) is 29.1. The van der Waals surface area contributed by atoms with Gasteiger partial charge in [0.1, 0.15) is 11.6 Å². The molecule has 0 bridgehead atoms. The minimum Gasteiger partial charge on any atom is -0.466 e. The van der Waals surface area contributed by atoms with Crippen molar-refractivity contribution in [2.45, 2.75) is 48.0 Å². The topological polar surface area (TPSA) is 60.4 Å². The Balaban J connectivity index is -0.000000147. The quantitative estimate of drug-likeness (QED) is 0.666. The highest BCUT2D eigenvalue weighted by molar-refractivity contribution is 5.74. The van der Waals surface area contributed by atoms with Crippen LogP contribution in [0.2, 0.25) is 0 Å². The third kappa shape index (κ3) is 103. The maximum absolute atomic E-state index is 9.82. The van der Waals surface area contributed by atoms with Gasteiger partial charge in [0.05, 0.1) is 6.61 Å². The lowest BCUT2D eigenvalue weighted by Crippen LogP contribution is -1.95. The van der Waals surface area contributed by atoms with Crippen molar-refractivity contribution in [3.63, 3.8) is 0 Å². The number of carbonyl (C=O) groups excluding carboxylic acids is 3. The van der Waals surface area contributed by atoms with Crippen molar-refractivity contribution >= 4 is 17.5 Å². The Morgan fingerprint density at radius 1 is 0.933 bits per heavy atom. The largest absolute Gasteiger partial charge is 0.466 e. The number of ketones is 2. The molecule has 4 heteroatoms. The molecule has 0 aliphatic carbocycles. The van der Waals surface area contributed by atoms with Gasteiger partial charge in [-0.15, -0.1) is 0 Å². The van der Waals surface area contributed by atoms with Crippen LogP contribution in [0.3, 0.4) is 0 Å². The molecule has 90 valence electrons. The SMILES string of the molecule is CC(C)=O.CCC(C)=O.CCOC(C)=O. The van der Waals surface area contributed by atoms with Gasteiger partial charge in [-0.1, -0.05) is 6.92 Å². The van der Waals surface area contributed by atoms with Crippen molar-refractivity contribution in [3.05, 3.63) is 0 Å². The number of Topliss-reactive ketones (excluding diaryl/α,β-unsaturated/α-hetero) is 2. The minimum absolute atomic E-state index is 0.167. The van der Waals surface area contributed by atoms with Gasteiger partial charge in [0, 0.05) is 13.3 Å². The molecule has 0 aliphatic rings. The summed E-state index contributed by atoms with van der Waals surface area (Å²) in [6.07, 6.45) is 0.667. The predicted molar refractivity (Wildman–Crippen MR) is 59.6 cm³/mol. The van der Waals surface area contributed by atoms with Gasteiger partial charge < -0.3 is 14.3 Å². The van der Waals surface area contributed by atoms with Gasteiger partial charge in [-0.3, -0.25) is 4.79 Å². The fraction of sp³-hybridized carbons (Fsp3) is 0.727. The van der Waals surface area contributed by atoms with Crippen molar-refractivity contribution in [2.75, 3.05) is 6.61 Å². The summed E-state index contributed by atoms with van der Waals surface area (Å²) < 4.78 is 4.40.